The molecule has 0 saturated heterocycles. The molecule has 1 aromatic heterocycles. The molecule has 0 N–H and O–H groups in total. The van der Waals surface area contributed by atoms with Crippen molar-refractivity contribution >= 4 is 66.0 Å². The summed E-state index contributed by atoms with van der Waals surface area (Å²) in [6.45, 7) is 7.74. The van der Waals surface area contributed by atoms with E-state index < -0.39 is 0 Å². The van der Waals surface area contributed by atoms with Crippen LogP contribution in [0.25, 0.3) is 76.7 Å². The molecule has 1 aliphatic rings. The molecule has 63 heavy (non-hydrogen) atoms. The molecule has 11 rings (SSSR count). The van der Waals surface area contributed by atoms with Gasteiger partial charge in [0.15, 0.2) is 0 Å². The maximum absolute atomic E-state index is 4.68. The van der Waals surface area contributed by atoms with Gasteiger partial charge in [0.05, 0.1) is 0 Å². The molecule has 1 heterocycles. The monoisotopic (exact) mass is 825 g/mol. The molecule has 0 fully saturated rings. The van der Waals surface area contributed by atoms with E-state index in [2.05, 4.69) is 225 Å². The largest absolute Gasteiger partial charge is 0.341 e. The van der Waals surface area contributed by atoms with Crippen molar-refractivity contribution in [3.8, 4) is 33.4 Å². The number of rotatable bonds is 10. The smallest absolute Gasteiger partial charge is 0.0411 e. The minimum absolute atomic E-state index is 0.845. The summed E-state index contributed by atoms with van der Waals surface area (Å²) in [6.07, 6.45) is 7.78. The second kappa shape index (κ2) is 16.5. The molecule has 0 radical (unpaired) electrons. The van der Waals surface area contributed by atoms with Crippen molar-refractivity contribution in [3.05, 3.63) is 239 Å². The highest BCUT2D eigenvalue weighted by atomic mass is 32.1. The molecule has 9 aromatic carbocycles. The molecule has 1 nitrogen and oxygen atoms in total. The van der Waals surface area contributed by atoms with Crippen molar-refractivity contribution < 1.29 is 0 Å². The summed E-state index contributed by atoms with van der Waals surface area (Å²) in [4.78, 5) is 3.90. The van der Waals surface area contributed by atoms with Gasteiger partial charge in [0.1, 0.15) is 0 Å². The maximum Gasteiger partial charge on any atom is 0.0411 e. The summed E-state index contributed by atoms with van der Waals surface area (Å²) in [5.74, 6) is 0. The summed E-state index contributed by atoms with van der Waals surface area (Å²) in [7, 11) is 0. The van der Waals surface area contributed by atoms with Crippen LogP contribution in [0.4, 0.5) is 11.4 Å². The second-order valence-electron chi connectivity index (χ2n) is 16.8. The van der Waals surface area contributed by atoms with Gasteiger partial charge in [0.25, 0.3) is 0 Å². The Balaban J connectivity index is 0.941. The molecule has 1 aliphatic carbocycles. The Morgan fingerprint density at radius 2 is 1.19 bits per heavy atom. The fourth-order valence-corrected chi connectivity index (χ4v) is 10.8. The first-order chi connectivity index (χ1) is 31.1. The van der Waals surface area contributed by atoms with Crippen LogP contribution in [0.1, 0.15) is 39.1 Å². The van der Waals surface area contributed by atoms with Gasteiger partial charge in [0, 0.05) is 27.5 Å². The molecule has 0 unspecified atom stereocenters. The molecule has 0 aliphatic heterocycles. The van der Waals surface area contributed by atoms with E-state index >= 15 is 0 Å². The van der Waals surface area contributed by atoms with Crippen LogP contribution < -0.4 is 4.90 Å². The number of anilines is 2. The van der Waals surface area contributed by atoms with Gasteiger partial charge in [-0.25, -0.2) is 0 Å². The molecule has 0 saturated carbocycles. The quantitative estimate of drug-likeness (QED) is 0.133. The van der Waals surface area contributed by atoms with Gasteiger partial charge < -0.3 is 4.90 Å². The summed E-state index contributed by atoms with van der Waals surface area (Å²) >= 11 is 1.92. The molecule has 0 amide bonds. The molecule has 0 spiro atoms. The molecule has 0 atom stereocenters. The lowest BCUT2D eigenvalue weighted by Gasteiger charge is -2.26. The zero-order chi connectivity index (χ0) is 42.3. The summed E-state index contributed by atoms with van der Waals surface area (Å²) in [5, 5.41) is 6.45. The zero-order valence-corrected chi connectivity index (χ0v) is 36.3. The minimum atomic E-state index is 0.845. The highest BCUT2D eigenvalue weighted by molar-refractivity contribution is 7.20. The van der Waals surface area contributed by atoms with Gasteiger partial charge in [-0.05, 0) is 168 Å². The Labute approximate surface area is 374 Å². The Kier molecular flexibility index (Phi) is 10.2. The second-order valence-corrected chi connectivity index (χ2v) is 17.9. The lowest BCUT2D eigenvalue weighted by Crippen LogP contribution is -2.20. The first-order valence-corrected chi connectivity index (χ1v) is 22.9. The Bertz CT molecular complexity index is 3340. The molecule has 302 valence electrons. The Hall–Kier alpha value is -7.26. The molecule has 10 aromatic rings. The highest BCUT2D eigenvalue weighted by Gasteiger charge is 2.18. The lowest BCUT2D eigenvalue weighted by atomic mass is 9.85. The van der Waals surface area contributed by atoms with Crippen LogP contribution in [0.2, 0.25) is 0 Å². The number of thiophene rings is 1. The number of benzene rings is 9. The third kappa shape index (κ3) is 7.37. The van der Waals surface area contributed by atoms with E-state index in [0.29, 0.717) is 0 Å². The number of hydrogen-bond acceptors (Lipinski definition) is 2. The fourth-order valence-electron chi connectivity index (χ4n) is 9.67. The van der Waals surface area contributed by atoms with Crippen LogP contribution in [-0.2, 0) is 12.8 Å². The Morgan fingerprint density at radius 3 is 1.95 bits per heavy atom. The normalized spacial score (nSPS) is 12.2. The first-order valence-electron chi connectivity index (χ1n) is 22.1. The minimum Gasteiger partial charge on any atom is -0.341 e. The summed E-state index contributed by atoms with van der Waals surface area (Å²) < 4.78 is 1.38. The predicted molar refractivity (Wildman–Crippen MR) is 273 cm³/mol. The van der Waals surface area contributed by atoms with Crippen molar-refractivity contribution in [2.24, 2.45) is 0 Å². The number of fused-ring (bicyclic) bond motifs is 5. The number of aryl methyl sites for hydroxylation is 2. The predicted octanol–water partition coefficient (Wildman–Crippen LogP) is 16.9. The van der Waals surface area contributed by atoms with E-state index in [4.69, 9.17) is 0 Å². The van der Waals surface area contributed by atoms with E-state index in [1.54, 1.807) is 0 Å². The van der Waals surface area contributed by atoms with Crippen LogP contribution in [-0.4, -0.2) is 6.54 Å². The first kappa shape index (κ1) is 38.6. The van der Waals surface area contributed by atoms with Crippen LogP contribution in [0.15, 0.2) is 207 Å². The SMILES string of the molecule is C=C(c1ccccc1)c1c(-c2cc(-c3ccc(N(CCc4cccc5ccccc45)c4ccc(-c5ccc6sc7c(c6c5)CCC=C7)cc4)cc3)ccc2C)ccc2ccccc12. The van der Waals surface area contributed by atoms with Crippen molar-refractivity contribution in [1.29, 1.82) is 0 Å². The van der Waals surface area contributed by atoms with Crippen molar-refractivity contribution in [2.45, 2.75) is 26.2 Å². The van der Waals surface area contributed by atoms with E-state index in [-0.39, 0.29) is 0 Å². The van der Waals surface area contributed by atoms with Crippen molar-refractivity contribution in [1.82, 2.24) is 0 Å². The van der Waals surface area contributed by atoms with Gasteiger partial charge in [0.2, 0.25) is 0 Å². The van der Waals surface area contributed by atoms with Gasteiger partial charge in [-0.3, -0.25) is 0 Å². The van der Waals surface area contributed by atoms with Gasteiger partial charge >= 0.3 is 0 Å². The van der Waals surface area contributed by atoms with Crippen LogP contribution >= 0.6 is 11.3 Å². The topological polar surface area (TPSA) is 3.24 Å². The lowest BCUT2D eigenvalue weighted by molar-refractivity contribution is 0.920. The fraction of sp³-hybridized carbons (Fsp3) is 0.0820. The molecular formula is C61H47NS. The van der Waals surface area contributed by atoms with E-state index in [0.717, 1.165) is 36.9 Å². The zero-order valence-electron chi connectivity index (χ0n) is 35.5. The van der Waals surface area contributed by atoms with E-state index in [1.165, 1.54) is 104 Å². The standard InChI is InChI=1S/C61H47NS/c1-41-23-24-49(39-57(41)56-35-29-47-16-7-9-20-54(47)61(56)42(2)43-13-4-3-5-14-43)44-25-31-51(32-26-44)62(38-37-48-18-12-17-46-15-6-8-19-53(46)48)52-33-27-45(28-34-52)50-30-36-60-58(40-50)55-21-10-11-22-59(55)63-60/h3-9,11-20,22-36,39-40H,2,10,21,37-38H2,1H3. The number of allylic oxidation sites excluding steroid dienone is 1. The average molecular weight is 826 g/mol. The van der Waals surface area contributed by atoms with Crippen molar-refractivity contribution in [2.75, 3.05) is 11.4 Å². The average Bonchev–Trinajstić information content (AvgIpc) is 3.72. The van der Waals surface area contributed by atoms with Crippen LogP contribution in [0.5, 0.6) is 0 Å². The summed E-state index contributed by atoms with van der Waals surface area (Å²) in [6, 6.07) is 71.5. The summed E-state index contributed by atoms with van der Waals surface area (Å²) in [5.41, 5.74) is 17.2. The third-order valence-electron chi connectivity index (χ3n) is 13.0. The van der Waals surface area contributed by atoms with Gasteiger partial charge in [-0.15, -0.1) is 11.3 Å². The number of nitrogens with zero attached hydrogens (tertiary/aromatic N) is 1. The number of hydrogen-bond donors (Lipinski definition) is 0. The van der Waals surface area contributed by atoms with Gasteiger partial charge in [-0.2, -0.15) is 0 Å². The van der Waals surface area contributed by atoms with Gasteiger partial charge in [-0.1, -0.05) is 164 Å². The van der Waals surface area contributed by atoms with Crippen LogP contribution in [0.3, 0.4) is 0 Å². The third-order valence-corrected chi connectivity index (χ3v) is 14.2. The van der Waals surface area contributed by atoms with Crippen molar-refractivity contribution in [3.63, 3.8) is 0 Å². The molecular weight excluding hydrogens is 779 g/mol. The Morgan fingerprint density at radius 1 is 0.556 bits per heavy atom. The van der Waals surface area contributed by atoms with Crippen LogP contribution in [0, 0.1) is 6.92 Å². The van der Waals surface area contributed by atoms with E-state index in [1.807, 2.05) is 11.3 Å². The van der Waals surface area contributed by atoms with E-state index in [9.17, 15) is 0 Å². The molecule has 0 bridgehead atoms. The maximum atomic E-state index is 4.68. The highest BCUT2D eigenvalue weighted by Crippen LogP contribution is 2.41. The molecule has 2 heteroatoms.